The molecule has 2 aromatic carbocycles. The van der Waals surface area contributed by atoms with E-state index in [1.807, 2.05) is 54.6 Å². The highest BCUT2D eigenvalue weighted by molar-refractivity contribution is 7.80. The van der Waals surface area contributed by atoms with Crippen LogP contribution in [0.4, 0.5) is 5.69 Å². The van der Waals surface area contributed by atoms with Crippen LogP contribution in [0.1, 0.15) is 11.8 Å². The first-order chi connectivity index (χ1) is 16.5. The minimum Gasteiger partial charge on any atom is -0.463 e. The second-order valence-corrected chi connectivity index (χ2v) is 9.50. The zero-order chi connectivity index (χ0) is 23.9. The molecule has 176 valence electrons. The summed E-state index contributed by atoms with van der Waals surface area (Å²) in [5, 5.41) is 7.42. The molecule has 34 heavy (non-hydrogen) atoms. The van der Waals surface area contributed by atoms with Crippen molar-refractivity contribution >= 4 is 45.6 Å². The van der Waals surface area contributed by atoms with E-state index in [0.29, 0.717) is 30.4 Å². The SMILES string of the molecule is CC(Oc1nc(-c2ccccc2)ccc1NCC(N)CS)C(=O)NCc1cc2ccccc2s1. The molecule has 0 aliphatic carbocycles. The molecule has 0 aliphatic heterocycles. The molecule has 6 nitrogen and oxygen atoms in total. The molecule has 0 fully saturated rings. The molecule has 0 radical (unpaired) electrons. The third-order valence-corrected chi connectivity index (χ3v) is 6.88. The summed E-state index contributed by atoms with van der Waals surface area (Å²) < 4.78 is 7.24. The number of benzene rings is 2. The fraction of sp³-hybridized carbons (Fsp3) is 0.231. The van der Waals surface area contributed by atoms with E-state index in [0.717, 1.165) is 16.1 Å². The van der Waals surface area contributed by atoms with E-state index in [-0.39, 0.29) is 11.9 Å². The molecule has 4 aromatic rings. The molecule has 4 rings (SSSR count). The van der Waals surface area contributed by atoms with Crippen LogP contribution in [0.3, 0.4) is 0 Å². The second kappa shape index (κ2) is 11.4. The van der Waals surface area contributed by atoms with Gasteiger partial charge in [-0.05, 0) is 36.6 Å². The summed E-state index contributed by atoms with van der Waals surface area (Å²) in [6.45, 7) is 2.68. The average Bonchev–Trinajstić information content (AvgIpc) is 3.29. The quantitative estimate of drug-likeness (QED) is 0.241. The zero-order valence-electron chi connectivity index (χ0n) is 18.9. The largest absolute Gasteiger partial charge is 0.463 e. The molecule has 2 atom stereocenters. The Morgan fingerprint density at radius 2 is 1.88 bits per heavy atom. The number of carbonyl (C=O) groups is 1. The summed E-state index contributed by atoms with van der Waals surface area (Å²) >= 11 is 5.91. The van der Waals surface area contributed by atoms with E-state index in [1.54, 1.807) is 18.3 Å². The van der Waals surface area contributed by atoms with Crippen molar-refractivity contribution in [3.63, 3.8) is 0 Å². The van der Waals surface area contributed by atoms with Crippen LogP contribution in [0.15, 0.2) is 72.8 Å². The molecule has 2 heterocycles. The van der Waals surface area contributed by atoms with Gasteiger partial charge in [0.05, 0.1) is 17.9 Å². The number of rotatable bonds is 10. The van der Waals surface area contributed by atoms with E-state index in [2.05, 4.69) is 41.5 Å². The molecular formula is C26H28N4O2S2. The molecule has 0 saturated carbocycles. The Morgan fingerprint density at radius 3 is 2.65 bits per heavy atom. The summed E-state index contributed by atoms with van der Waals surface area (Å²) in [5.74, 6) is 0.703. The van der Waals surface area contributed by atoms with Gasteiger partial charge in [0.15, 0.2) is 6.10 Å². The van der Waals surface area contributed by atoms with Crippen LogP contribution >= 0.6 is 24.0 Å². The van der Waals surface area contributed by atoms with Gasteiger partial charge in [-0.1, -0.05) is 48.5 Å². The fourth-order valence-electron chi connectivity index (χ4n) is 3.40. The van der Waals surface area contributed by atoms with Gasteiger partial charge in [-0.2, -0.15) is 12.6 Å². The van der Waals surface area contributed by atoms with Crippen molar-refractivity contribution in [1.29, 1.82) is 0 Å². The van der Waals surface area contributed by atoms with Crippen molar-refractivity contribution in [2.24, 2.45) is 5.73 Å². The van der Waals surface area contributed by atoms with Crippen molar-refractivity contribution in [2.45, 2.75) is 25.6 Å². The zero-order valence-corrected chi connectivity index (χ0v) is 20.6. The van der Waals surface area contributed by atoms with Crippen LogP contribution in [-0.4, -0.2) is 35.3 Å². The molecule has 2 aromatic heterocycles. The number of aromatic nitrogens is 1. The van der Waals surface area contributed by atoms with E-state index in [1.165, 1.54) is 10.1 Å². The third-order valence-electron chi connectivity index (χ3n) is 5.29. The molecule has 4 N–H and O–H groups in total. The monoisotopic (exact) mass is 492 g/mol. The normalized spacial score (nSPS) is 12.8. The third kappa shape index (κ3) is 6.08. The number of amides is 1. The number of nitrogens with two attached hydrogens (primary N) is 1. The maximum absolute atomic E-state index is 12.8. The lowest BCUT2D eigenvalue weighted by molar-refractivity contribution is -0.127. The first kappa shape index (κ1) is 24.1. The van der Waals surface area contributed by atoms with Crippen molar-refractivity contribution < 1.29 is 9.53 Å². The molecule has 0 saturated heterocycles. The Labute approximate surface area is 209 Å². The minimum atomic E-state index is -0.730. The number of ether oxygens (including phenoxy) is 1. The molecule has 0 spiro atoms. The fourth-order valence-corrected chi connectivity index (χ4v) is 4.54. The Morgan fingerprint density at radius 1 is 1.12 bits per heavy atom. The van der Waals surface area contributed by atoms with Gasteiger partial charge < -0.3 is 21.1 Å². The number of fused-ring (bicyclic) bond motifs is 1. The Balaban J connectivity index is 1.47. The number of hydrogen-bond donors (Lipinski definition) is 4. The highest BCUT2D eigenvalue weighted by atomic mass is 32.1. The van der Waals surface area contributed by atoms with Crippen LogP contribution in [-0.2, 0) is 11.3 Å². The highest BCUT2D eigenvalue weighted by Crippen LogP contribution is 2.28. The number of pyridine rings is 1. The van der Waals surface area contributed by atoms with Crippen LogP contribution in [0.2, 0.25) is 0 Å². The smallest absolute Gasteiger partial charge is 0.261 e. The van der Waals surface area contributed by atoms with Gasteiger partial charge in [0, 0.05) is 33.5 Å². The summed E-state index contributed by atoms with van der Waals surface area (Å²) in [4.78, 5) is 18.6. The van der Waals surface area contributed by atoms with Crippen LogP contribution in [0.25, 0.3) is 21.3 Å². The Bertz CT molecular complexity index is 1210. The predicted molar refractivity (Wildman–Crippen MR) is 144 cm³/mol. The number of thiol groups is 1. The number of nitrogens with zero attached hydrogens (tertiary/aromatic N) is 1. The molecular weight excluding hydrogens is 464 g/mol. The van der Waals surface area contributed by atoms with Gasteiger partial charge in [-0.3, -0.25) is 4.79 Å². The minimum absolute atomic E-state index is 0.119. The average molecular weight is 493 g/mol. The Hall–Kier alpha value is -3.07. The van der Waals surface area contributed by atoms with Crippen molar-refractivity contribution in [2.75, 3.05) is 17.6 Å². The lowest BCUT2D eigenvalue weighted by Gasteiger charge is -2.19. The van der Waals surface area contributed by atoms with Gasteiger partial charge >= 0.3 is 0 Å². The van der Waals surface area contributed by atoms with Crippen LogP contribution in [0.5, 0.6) is 5.88 Å². The number of nitrogens with one attached hydrogen (secondary N) is 2. The number of hydrogen-bond acceptors (Lipinski definition) is 7. The molecule has 2 unspecified atom stereocenters. The van der Waals surface area contributed by atoms with E-state index in [4.69, 9.17) is 15.5 Å². The maximum atomic E-state index is 12.8. The molecule has 0 bridgehead atoms. The van der Waals surface area contributed by atoms with E-state index < -0.39 is 6.10 Å². The predicted octanol–water partition coefficient (Wildman–Crippen LogP) is 4.72. The van der Waals surface area contributed by atoms with E-state index in [9.17, 15) is 4.79 Å². The summed E-state index contributed by atoms with van der Waals surface area (Å²) in [6, 6.07) is 23.8. The van der Waals surface area contributed by atoms with Gasteiger partial charge in [-0.15, -0.1) is 11.3 Å². The maximum Gasteiger partial charge on any atom is 0.261 e. The number of carbonyl (C=O) groups excluding carboxylic acids is 1. The van der Waals surface area contributed by atoms with Crippen molar-refractivity contribution in [3.05, 3.63) is 77.7 Å². The highest BCUT2D eigenvalue weighted by Gasteiger charge is 2.19. The van der Waals surface area contributed by atoms with Gasteiger partial charge in [-0.25, -0.2) is 4.98 Å². The first-order valence-corrected chi connectivity index (χ1v) is 12.6. The van der Waals surface area contributed by atoms with Gasteiger partial charge in [0.25, 0.3) is 5.91 Å². The number of anilines is 1. The first-order valence-electron chi connectivity index (χ1n) is 11.1. The lowest BCUT2D eigenvalue weighted by atomic mass is 10.1. The van der Waals surface area contributed by atoms with Crippen molar-refractivity contribution in [1.82, 2.24) is 10.3 Å². The van der Waals surface area contributed by atoms with Gasteiger partial charge in [0.2, 0.25) is 5.88 Å². The summed E-state index contributed by atoms with van der Waals surface area (Å²) in [5.41, 5.74) is 8.41. The lowest BCUT2D eigenvalue weighted by Crippen LogP contribution is -2.36. The van der Waals surface area contributed by atoms with E-state index >= 15 is 0 Å². The molecule has 8 heteroatoms. The topological polar surface area (TPSA) is 89.3 Å². The van der Waals surface area contributed by atoms with Crippen LogP contribution < -0.4 is 21.1 Å². The summed E-state index contributed by atoms with van der Waals surface area (Å²) in [7, 11) is 0. The number of thiophene rings is 1. The standard InChI is InChI=1S/C26H28N4O2S2/c1-17(25(31)29-15-21-13-19-9-5-6-10-24(19)34-21)32-26-23(28-14-20(27)16-33)12-11-22(30-26)18-7-3-2-4-8-18/h2-13,17,20,28,33H,14-16,27H2,1H3,(H,29,31). The summed E-state index contributed by atoms with van der Waals surface area (Å²) in [6.07, 6.45) is -0.730. The van der Waals surface area contributed by atoms with Gasteiger partial charge in [0.1, 0.15) is 0 Å². The Kier molecular flexibility index (Phi) is 8.05. The molecule has 1 amide bonds. The second-order valence-electron chi connectivity index (χ2n) is 7.97. The van der Waals surface area contributed by atoms with Crippen LogP contribution in [0, 0.1) is 0 Å². The molecule has 0 aliphatic rings. The van der Waals surface area contributed by atoms with Crippen molar-refractivity contribution in [3.8, 4) is 17.1 Å².